The highest BCUT2D eigenvalue weighted by molar-refractivity contribution is 5.31. The SMILES string of the molecule is CN1Cc2c([nH][nH]c2=O)C1(C)C(C)(C)C. The summed E-state index contributed by atoms with van der Waals surface area (Å²) in [6.45, 7) is 9.50. The molecule has 0 spiro atoms. The summed E-state index contributed by atoms with van der Waals surface area (Å²) in [7, 11) is 2.07. The van der Waals surface area contributed by atoms with Gasteiger partial charge < -0.3 is 5.10 Å². The van der Waals surface area contributed by atoms with E-state index in [2.05, 4.69) is 49.8 Å². The van der Waals surface area contributed by atoms with Gasteiger partial charge in [-0.1, -0.05) is 20.8 Å². The second-order valence-electron chi connectivity index (χ2n) is 5.61. The molecule has 1 aromatic rings. The zero-order valence-corrected chi connectivity index (χ0v) is 10.1. The molecule has 0 radical (unpaired) electrons. The van der Waals surface area contributed by atoms with E-state index in [0.29, 0.717) is 0 Å². The molecule has 1 atom stereocenters. The molecule has 2 rings (SSSR count). The molecule has 0 aromatic carbocycles. The summed E-state index contributed by atoms with van der Waals surface area (Å²) in [5.74, 6) is 0. The Kier molecular flexibility index (Phi) is 1.93. The summed E-state index contributed by atoms with van der Waals surface area (Å²) in [4.78, 5) is 13.8. The second-order valence-corrected chi connectivity index (χ2v) is 5.61. The molecule has 84 valence electrons. The summed E-state index contributed by atoms with van der Waals surface area (Å²) < 4.78 is 0. The summed E-state index contributed by atoms with van der Waals surface area (Å²) in [6, 6.07) is 0. The first-order valence-corrected chi connectivity index (χ1v) is 5.29. The Hall–Kier alpha value is -1.03. The average Bonchev–Trinajstić information content (AvgIpc) is 2.56. The van der Waals surface area contributed by atoms with Gasteiger partial charge in [0.15, 0.2) is 0 Å². The van der Waals surface area contributed by atoms with E-state index < -0.39 is 0 Å². The minimum Gasteiger partial charge on any atom is -0.300 e. The first kappa shape index (κ1) is 10.5. The predicted octanol–water partition coefficient (Wildman–Crippen LogP) is 1.41. The van der Waals surface area contributed by atoms with Crippen molar-refractivity contribution in [1.82, 2.24) is 15.1 Å². The van der Waals surface area contributed by atoms with Crippen molar-refractivity contribution in [3.05, 3.63) is 21.6 Å². The van der Waals surface area contributed by atoms with Crippen molar-refractivity contribution in [2.75, 3.05) is 7.05 Å². The Balaban J connectivity index is 2.64. The van der Waals surface area contributed by atoms with Gasteiger partial charge in [0.05, 0.1) is 16.8 Å². The molecule has 2 heterocycles. The van der Waals surface area contributed by atoms with Crippen LogP contribution in [0.25, 0.3) is 0 Å². The van der Waals surface area contributed by atoms with Gasteiger partial charge in [-0.05, 0) is 19.4 Å². The van der Waals surface area contributed by atoms with Gasteiger partial charge in [0.1, 0.15) is 0 Å². The Morgan fingerprint density at radius 3 is 2.47 bits per heavy atom. The van der Waals surface area contributed by atoms with E-state index in [0.717, 1.165) is 17.8 Å². The standard InChI is InChI=1S/C11H19N3O/c1-10(2,3)11(4)8-7(6-14(11)5)9(15)13-12-8/h6H2,1-5H3,(H2,12,13,15). The first-order valence-electron chi connectivity index (χ1n) is 5.29. The molecule has 1 unspecified atom stereocenters. The molecule has 0 amide bonds. The molecule has 1 aliphatic rings. The van der Waals surface area contributed by atoms with Gasteiger partial charge in [-0.25, -0.2) is 0 Å². The van der Waals surface area contributed by atoms with Gasteiger partial charge in [0.25, 0.3) is 5.56 Å². The third kappa shape index (κ3) is 1.14. The maximum atomic E-state index is 11.6. The topological polar surface area (TPSA) is 51.9 Å². The van der Waals surface area contributed by atoms with Crippen molar-refractivity contribution in [2.24, 2.45) is 5.41 Å². The van der Waals surface area contributed by atoms with E-state index in [4.69, 9.17) is 0 Å². The lowest BCUT2D eigenvalue weighted by Crippen LogP contribution is -2.46. The number of nitrogens with zero attached hydrogens (tertiary/aromatic N) is 1. The quantitative estimate of drug-likeness (QED) is 0.678. The highest BCUT2D eigenvalue weighted by Gasteiger charge is 2.49. The van der Waals surface area contributed by atoms with E-state index in [1.807, 2.05) is 0 Å². The lowest BCUT2D eigenvalue weighted by molar-refractivity contribution is 0.0328. The van der Waals surface area contributed by atoms with E-state index >= 15 is 0 Å². The highest BCUT2D eigenvalue weighted by atomic mass is 16.1. The average molecular weight is 209 g/mol. The molecule has 1 aromatic heterocycles. The van der Waals surface area contributed by atoms with E-state index in [9.17, 15) is 4.79 Å². The molecule has 1 aliphatic heterocycles. The fourth-order valence-electron chi connectivity index (χ4n) is 2.48. The van der Waals surface area contributed by atoms with Gasteiger partial charge in [0, 0.05) is 6.54 Å². The Morgan fingerprint density at radius 2 is 1.93 bits per heavy atom. The summed E-state index contributed by atoms with van der Waals surface area (Å²) in [6.07, 6.45) is 0. The van der Waals surface area contributed by atoms with Gasteiger partial charge in [-0.15, -0.1) is 0 Å². The number of hydrogen-bond donors (Lipinski definition) is 2. The van der Waals surface area contributed by atoms with Crippen LogP contribution in [0.4, 0.5) is 0 Å². The summed E-state index contributed by atoms with van der Waals surface area (Å²) in [5.41, 5.74) is 1.92. The molecule has 2 N–H and O–H groups in total. The summed E-state index contributed by atoms with van der Waals surface area (Å²) in [5, 5.41) is 5.71. The van der Waals surface area contributed by atoms with Crippen molar-refractivity contribution < 1.29 is 0 Å². The largest absolute Gasteiger partial charge is 0.300 e. The minimum atomic E-state index is -0.110. The zero-order valence-electron chi connectivity index (χ0n) is 10.1. The van der Waals surface area contributed by atoms with Gasteiger partial charge in [-0.2, -0.15) is 0 Å². The van der Waals surface area contributed by atoms with Crippen LogP contribution in [0.5, 0.6) is 0 Å². The number of hydrogen-bond acceptors (Lipinski definition) is 2. The van der Waals surface area contributed by atoms with Crippen LogP contribution < -0.4 is 5.56 Å². The van der Waals surface area contributed by atoms with E-state index in [-0.39, 0.29) is 16.5 Å². The minimum absolute atomic E-state index is 0.0184. The predicted molar refractivity (Wildman–Crippen MR) is 59.7 cm³/mol. The van der Waals surface area contributed by atoms with Gasteiger partial charge in [0.2, 0.25) is 0 Å². The number of rotatable bonds is 0. The third-order valence-corrected chi connectivity index (χ3v) is 3.98. The smallest absolute Gasteiger partial charge is 0.268 e. The Labute approximate surface area is 89.7 Å². The number of fused-ring (bicyclic) bond motifs is 1. The second kappa shape index (κ2) is 2.76. The van der Waals surface area contributed by atoms with Crippen LogP contribution in [-0.2, 0) is 12.1 Å². The monoisotopic (exact) mass is 209 g/mol. The Morgan fingerprint density at radius 1 is 1.33 bits per heavy atom. The van der Waals surface area contributed by atoms with Crippen molar-refractivity contribution in [1.29, 1.82) is 0 Å². The van der Waals surface area contributed by atoms with Gasteiger partial charge in [-0.3, -0.25) is 14.8 Å². The van der Waals surface area contributed by atoms with Crippen molar-refractivity contribution in [2.45, 2.75) is 39.8 Å². The molecule has 15 heavy (non-hydrogen) atoms. The first-order chi connectivity index (χ1) is 6.78. The van der Waals surface area contributed by atoms with Crippen molar-refractivity contribution in [3.8, 4) is 0 Å². The lowest BCUT2D eigenvalue weighted by atomic mass is 9.73. The number of aromatic amines is 2. The normalized spacial score (nSPS) is 27.0. The van der Waals surface area contributed by atoms with Crippen LogP contribution in [0.2, 0.25) is 0 Å². The van der Waals surface area contributed by atoms with Crippen LogP contribution in [-0.4, -0.2) is 22.1 Å². The van der Waals surface area contributed by atoms with Crippen LogP contribution in [0.1, 0.15) is 39.0 Å². The molecule has 4 heteroatoms. The van der Waals surface area contributed by atoms with Crippen molar-refractivity contribution in [3.63, 3.8) is 0 Å². The van der Waals surface area contributed by atoms with Crippen LogP contribution in [0.15, 0.2) is 4.79 Å². The molecule has 0 aliphatic carbocycles. The van der Waals surface area contributed by atoms with E-state index in [1.54, 1.807) is 0 Å². The van der Waals surface area contributed by atoms with Crippen LogP contribution >= 0.6 is 0 Å². The lowest BCUT2D eigenvalue weighted by Gasteiger charge is -2.44. The molecular formula is C11H19N3O. The maximum Gasteiger partial charge on any atom is 0.268 e. The molecule has 0 saturated carbocycles. The van der Waals surface area contributed by atoms with Gasteiger partial charge >= 0.3 is 0 Å². The fourth-order valence-corrected chi connectivity index (χ4v) is 2.48. The van der Waals surface area contributed by atoms with Crippen molar-refractivity contribution >= 4 is 0 Å². The Bertz CT molecular complexity index is 437. The number of aromatic nitrogens is 2. The molecule has 0 fully saturated rings. The fraction of sp³-hybridized carbons (Fsp3) is 0.727. The zero-order chi connectivity index (χ0) is 11.4. The molecule has 0 bridgehead atoms. The maximum absolute atomic E-state index is 11.6. The third-order valence-electron chi connectivity index (χ3n) is 3.98. The molecule has 0 saturated heterocycles. The summed E-state index contributed by atoms with van der Waals surface area (Å²) >= 11 is 0. The highest BCUT2D eigenvalue weighted by Crippen LogP contribution is 2.47. The molecule has 4 nitrogen and oxygen atoms in total. The number of nitrogens with one attached hydrogen (secondary N) is 2. The van der Waals surface area contributed by atoms with E-state index in [1.165, 1.54) is 0 Å². The molecular weight excluding hydrogens is 190 g/mol. The number of H-pyrrole nitrogens is 2. The van der Waals surface area contributed by atoms with Crippen LogP contribution in [0, 0.1) is 5.41 Å². The van der Waals surface area contributed by atoms with Crippen LogP contribution in [0.3, 0.4) is 0 Å².